The molecule has 0 saturated heterocycles. The Kier molecular flexibility index (Phi) is 8.60. The lowest BCUT2D eigenvalue weighted by Crippen LogP contribution is -2.41. The predicted molar refractivity (Wildman–Crippen MR) is 91.4 cm³/mol. The third kappa shape index (κ3) is 7.32. The summed E-state index contributed by atoms with van der Waals surface area (Å²) in [5.74, 6) is -1.79. The molecule has 0 fully saturated rings. The molecule has 2 amide bonds. The fourth-order valence-electron chi connectivity index (χ4n) is 2.16. The second-order valence-electron chi connectivity index (χ2n) is 5.91. The number of carbonyl (C=O) groups excluding carboxylic acids is 3. The molecule has 7 heteroatoms. The first-order chi connectivity index (χ1) is 11.8. The van der Waals surface area contributed by atoms with Crippen molar-refractivity contribution in [1.82, 2.24) is 10.6 Å². The number of nitrogens with one attached hydrogen (secondary N) is 2. The Morgan fingerprint density at radius 1 is 1.20 bits per heavy atom. The van der Waals surface area contributed by atoms with Crippen molar-refractivity contribution in [3.63, 3.8) is 0 Å². The van der Waals surface area contributed by atoms with E-state index in [-0.39, 0.29) is 48.8 Å². The quantitative estimate of drug-likeness (QED) is 0.666. The van der Waals surface area contributed by atoms with Crippen molar-refractivity contribution in [2.45, 2.75) is 39.7 Å². The van der Waals surface area contributed by atoms with Crippen molar-refractivity contribution in [2.75, 3.05) is 13.2 Å². The fraction of sp³-hybridized carbons (Fsp3) is 0.500. The molecule has 0 aliphatic carbocycles. The Labute approximate surface area is 147 Å². The smallest absolute Gasteiger partial charge is 0.307 e. The molecule has 1 unspecified atom stereocenters. The van der Waals surface area contributed by atoms with Crippen LogP contribution < -0.4 is 10.6 Å². The van der Waals surface area contributed by atoms with Crippen LogP contribution in [0.1, 0.15) is 44.0 Å². The average molecular weight is 352 g/mol. The van der Waals surface area contributed by atoms with Gasteiger partial charge in [-0.05, 0) is 25.0 Å². The summed E-state index contributed by atoms with van der Waals surface area (Å²) in [6.07, 6.45) is 0.130. The lowest BCUT2D eigenvalue weighted by atomic mass is 10.0. The minimum Gasteiger partial charge on any atom is -0.466 e. The lowest BCUT2D eigenvalue weighted by molar-refractivity contribution is -0.144. The average Bonchev–Trinajstić information content (AvgIpc) is 2.54. The molecule has 0 aliphatic rings. The van der Waals surface area contributed by atoms with Crippen LogP contribution in [0.25, 0.3) is 0 Å². The van der Waals surface area contributed by atoms with Crippen LogP contribution in [0.2, 0.25) is 0 Å². The molecule has 1 aromatic rings. The zero-order chi connectivity index (χ0) is 18.8. The predicted octanol–water partition coefficient (Wildman–Crippen LogP) is 2.04. The van der Waals surface area contributed by atoms with Gasteiger partial charge in [-0.3, -0.25) is 14.4 Å². The highest BCUT2D eigenvalue weighted by Crippen LogP contribution is 2.08. The number of rotatable bonds is 9. The molecule has 0 aliphatic heterocycles. The van der Waals surface area contributed by atoms with Crippen LogP contribution >= 0.6 is 0 Å². The zero-order valence-corrected chi connectivity index (χ0v) is 14.8. The number of ether oxygens (including phenoxy) is 1. The van der Waals surface area contributed by atoms with Gasteiger partial charge < -0.3 is 15.4 Å². The van der Waals surface area contributed by atoms with Crippen molar-refractivity contribution in [2.24, 2.45) is 5.92 Å². The summed E-state index contributed by atoms with van der Waals surface area (Å²) < 4.78 is 18.4. The van der Waals surface area contributed by atoms with E-state index in [1.165, 1.54) is 18.2 Å². The van der Waals surface area contributed by atoms with E-state index < -0.39 is 11.7 Å². The standard InChI is InChI=1S/C18H25FN2O4/c1-4-25-17(23)11-15(12(2)3)21-16(22)9-10-20-18(24)13-7-5-6-8-14(13)19/h5-8,12,15H,4,9-11H2,1-3H3,(H,20,24)(H,21,22). The SMILES string of the molecule is CCOC(=O)CC(NC(=O)CCNC(=O)c1ccccc1F)C(C)C. The van der Waals surface area contributed by atoms with Crippen LogP contribution in [0.5, 0.6) is 0 Å². The summed E-state index contributed by atoms with van der Waals surface area (Å²) in [6.45, 7) is 5.87. The molecule has 0 spiro atoms. The van der Waals surface area contributed by atoms with Crippen LogP contribution in [0.4, 0.5) is 4.39 Å². The van der Waals surface area contributed by atoms with E-state index in [0.717, 1.165) is 0 Å². The summed E-state index contributed by atoms with van der Waals surface area (Å²) in [5, 5.41) is 5.27. The fourth-order valence-corrected chi connectivity index (χ4v) is 2.16. The molecule has 0 saturated carbocycles. The first-order valence-electron chi connectivity index (χ1n) is 8.32. The summed E-state index contributed by atoms with van der Waals surface area (Å²) in [6, 6.07) is 5.29. The maximum absolute atomic E-state index is 13.5. The van der Waals surface area contributed by atoms with E-state index in [1.807, 2.05) is 13.8 Å². The van der Waals surface area contributed by atoms with Crippen LogP contribution in [0.3, 0.4) is 0 Å². The Bertz CT molecular complexity index is 604. The summed E-state index contributed by atoms with van der Waals surface area (Å²) in [7, 11) is 0. The molecule has 2 N–H and O–H groups in total. The van der Waals surface area contributed by atoms with Gasteiger partial charge in [0.15, 0.2) is 0 Å². The molecule has 0 radical (unpaired) electrons. The van der Waals surface area contributed by atoms with Gasteiger partial charge in [0.2, 0.25) is 5.91 Å². The van der Waals surface area contributed by atoms with Gasteiger partial charge >= 0.3 is 5.97 Å². The normalized spacial score (nSPS) is 11.7. The summed E-state index contributed by atoms with van der Waals surface area (Å²) in [5.41, 5.74) is -0.0646. The Morgan fingerprint density at radius 3 is 2.48 bits per heavy atom. The zero-order valence-electron chi connectivity index (χ0n) is 14.8. The maximum Gasteiger partial charge on any atom is 0.307 e. The monoisotopic (exact) mass is 352 g/mol. The van der Waals surface area contributed by atoms with Crippen molar-refractivity contribution >= 4 is 17.8 Å². The minimum atomic E-state index is -0.612. The second kappa shape index (κ2) is 10.4. The van der Waals surface area contributed by atoms with Crippen molar-refractivity contribution < 1.29 is 23.5 Å². The van der Waals surface area contributed by atoms with Gasteiger partial charge in [0, 0.05) is 19.0 Å². The number of hydrogen-bond donors (Lipinski definition) is 2. The van der Waals surface area contributed by atoms with Gasteiger partial charge in [-0.15, -0.1) is 0 Å². The van der Waals surface area contributed by atoms with Crippen LogP contribution in [-0.4, -0.2) is 37.0 Å². The van der Waals surface area contributed by atoms with Crippen LogP contribution in [0.15, 0.2) is 24.3 Å². The van der Waals surface area contributed by atoms with Gasteiger partial charge in [-0.1, -0.05) is 26.0 Å². The highest BCUT2D eigenvalue weighted by atomic mass is 19.1. The van der Waals surface area contributed by atoms with Crippen molar-refractivity contribution in [1.29, 1.82) is 0 Å². The number of esters is 1. The number of halogens is 1. The molecule has 0 aromatic heterocycles. The molecule has 0 bridgehead atoms. The third-order valence-electron chi connectivity index (χ3n) is 3.60. The lowest BCUT2D eigenvalue weighted by Gasteiger charge is -2.21. The van der Waals surface area contributed by atoms with Gasteiger partial charge in [0.25, 0.3) is 5.91 Å². The highest BCUT2D eigenvalue weighted by molar-refractivity contribution is 5.94. The van der Waals surface area contributed by atoms with Gasteiger partial charge in [-0.25, -0.2) is 4.39 Å². The number of hydrogen-bond acceptors (Lipinski definition) is 4. The maximum atomic E-state index is 13.5. The first kappa shape index (κ1) is 20.6. The summed E-state index contributed by atoms with van der Waals surface area (Å²) >= 11 is 0. The van der Waals surface area contributed by atoms with Crippen molar-refractivity contribution in [3.8, 4) is 0 Å². The van der Waals surface area contributed by atoms with E-state index in [9.17, 15) is 18.8 Å². The van der Waals surface area contributed by atoms with E-state index in [4.69, 9.17) is 4.74 Å². The molecule has 138 valence electrons. The van der Waals surface area contributed by atoms with E-state index in [2.05, 4.69) is 10.6 Å². The molecule has 0 heterocycles. The van der Waals surface area contributed by atoms with Crippen LogP contribution in [-0.2, 0) is 14.3 Å². The van der Waals surface area contributed by atoms with Crippen molar-refractivity contribution in [3.05, 3.63) is 35.6 Å². The van der Waals surface area contributed by atoms with Gasteiger partial charge in [-0.2, -0.15) is 0 Å². The Morgan fingerprint density at radius 2 is 1.88 bits per heavy atom. The van der Waals surface area contributed by atoms with Crippen LogP contribution in [0, 0.1) is 11.7 Å². The second-order valence-corrected chi connectivity index (χ2v) is 5.91. The topological polar surface area (TPSA) is 84.5 Å². The number of amides is 2. The highest BCUT2D eigenvalue weighted by Gasteiger charge is 2.20. The molecular weight excluding hydrogens is 327 g/mol. The van der Waals surface area contributed by atoms with Gasteiger partial charge in [0.1, 0.15) is 5.82 Å². The largest absolute Gasteiger partial charge is 0.466 e. The molecular formula is C18H25FN2O4. The third-order valence-corrected chi connectivity index (χ3v) is 3.60. The van der Waals surface area contributed by atoms with E-state index in [1.54, 1.807) is 13.0 Å². The van der Waals surface area contributed by atoms with E-state index >= 15 is 0 Å². The van der Waals surface area contributed by atoms with E-state index in [0.29, 0.717) is 6.61 Å². The Balaban J connectivity index is 2.43. The molecule has 1 rings (SSSR count). The minimum absolute atomic E-state index is 0.0340. The molecule has 1 atom stereocenters. The van der Waals surface area contributed by atoms with Gasteiger partial charge in [0.05, 0.1) is 18.6 Å². The first-order valence-corrected chi connectivity index (χ1v) is 8.32. The summed E-state index contributed by atoms with van der Waals surface area (Å²) in [4.78, 5) is 35.4. The molecule has 25 heavy (non-hydrogen) atoms. The number of benzene rings is 1. The Hall–Kier alpha value is -2.44. The molecule has 1 aromatic carbocycles. The molecule has 6 nitrogen and oxygen atoms in total. The number of carbonyl (C=O) groups is 3.